The number of carbonyl (C=O) groups is 1. The van der Waals surface area contributed by atoms with Crippen LogP contribution in [0.15, 0.2) is 52.1 Å². The lowest BCUT2D eigenvalue weighted by molar-refractivity contribution is 0.0498. The van der Waals surface area contributed by atoms with Gasteiger partial charge < -0.3 is 9.26 Å². The number of carbonyl (C=O) groups excluding carboxylic acids is 1. The highest BCUT2D eigenvalue weighted by molar-refractivity contribution is 7.89. The number of hydrogen-bond acceptors (Lipinski definition) is 8. The third kappa shape index (κ3) is 5.38. The Hall–Kier alpha value is -3.11. The van der Waals surface area contributed by atoms with Gasteiger partial charge >= 0.3 is 5.97 Å². The van der Waals surface area contributed by atoms with Gasteiger partial charge in [0, 0.05) is 37.5 Å². The molecule has 1 aromatic carbocycles. The van der Waals surface area contributed by atoms with Gasteiger partial charge in [0.2, 0.25) is 21.7 Å². The number of sulfonamides is 1. The van der Waals surface area contributed by atoms with Gasteiger partial charge in [0.05, 0.1) is 17.1 Å². The fourth-order valence-corrected chi connectivity index (χ4v) is 4.86. The van der Waals surface area contributed by atoms with Gasteiger partial charge in [0.15, 0.2) is 0 Å². The summed E-state index contributed by atoms with van der Waals surface area (Å²) in [6, 6.07) is 8.18. The van der Waals surface area contributed by atoms with Crippen molar-refractivity contribution in [3.63, 3.8) is 0 Å². The van der Waals surface area contributed by atoms with Crippen LogP contribution in [0.1, 0.15) is 42.1 Å². The van der Waals surface area contributed by atoms with Crippen molar-refractivity contribution < 1.29 is 22.5 Å². The van der Waals surface area contributed by atoms with Crippen LogP contribution in [0.3, 0.4) is 0 Å². The number of rotatable bonds is 10. The van der Waals surface area contributed by atoms with Gasteiger partial charge in [-0.3, -0.25) is 4.98 Å². The molecule has 3 rings (SSSR count). The molecule has 0 atom stereocenters. The van der Waals surface area contributed by atoms with E-state index in [1.807, 2.05) is 6.07 Å². The van der Waals surface area contributed by atoms with Gasteiger partial charge in [0.1, 0.15) is 0 Å². The fourth-order valence-electron chi connectivity index (χ4n) is 3.15. The first-order valence-electron chi connectivity index (χ1n) is 10.4. The molecule has 0 unspecified atom stereocenters. The van der Waals surface area contributed by atoms with Crippen LogP contribution >= 0.6 is 0 Å². The van der Waals surface area contributed by atoms with Crippen molar-refractivity contribution in [3.8, 4) is 11.4 Å². The molecular formula is C22H26N4O5S. The number of aryl methyl sites for hydroxylation is 2. The molecule has 170 valence electrons. The quantitative estimate of drug-likeness (QED) is 0.336. The highest BCUT2D eigenvalue weighted by Gasteiger charge is 2.25. The molecule has 0 N–H and O–H groups in total. The van der Waals surface area contributed by atoms with Gasteiger partial charge in [-0.05, 0) is 43.2 Å². The molecule has 10 heteroatoms. The predicted octanol–water partition coefficient (Wildman–Crippen LogP) is 3.26. The normalized spacial score (nSPS) is 11.6. The number of aromatic nitrogens is 3. The second-order valence-corrected chi connectivity index (χ2v) is 8.97. The average molecular weight is 459 g/mol. The van der Waals surface area contributed by atoms with Crippen LogP contribution in [0.5, 0.6) is 0 Å². The summed E-state index contributed by atoms with van der Waals surface area (Å²) in [4.78, 5) is 20.9. The molecule has 0 aliphatic carbocycles. The molecule has 0 saturated heterocycles. The Morgan fingerprint density at radius 3 is 2.66 bits per heavy atom. The highest BCUT2D eigenvalue weighted by atomic mass is 32.2. The monoisotopic (exact) mass is 458 g/mol. The molecule has 0 bridgehead atoms. The first kappa shape index (κ1) is 23.6. The average Bonchev–Trinajstić information content (AvgIpc) is 3.27. The number of hydrogen-bond donors (Lipinski definition) is 0. The molecule has 0 saturated carbocycles. The maximum atomic E-state index is 12.9. The summed E-state index contributed by atoms with van der Waals surface area (Å²) in [6.45, 7) is 6.09. The van der Waals surface area contributed by atoms with E-state index in [1.165, 1.54) is 10.4 Å². The van der Waals surface area contributed by atoms with Gasteiger partial charge in [-0.15, -0.1) is 0 Å². The van der Waals surface area contributed by atoms with Crippen molar-refractivity contribution in [2.75, 3.05) is 19.7 Å². The van der Waals surface area contributed by atoms with E-state index in [0.717, 1.165) is 5.56 Å². The molecule has 32 heavy (non-hydrogen) atoms. The Morgan fingerprint density at radius 1 is 1.19 bits per heavy atom. The van der Waals surface area contributed by atoms with Gasteiger partial charge in [-0.1, -0.05) is 25.1 Å². The fraction of sp³-hybridized carbons (Fsp3) is 0.364. The zero-order valence-electron chi connectivity index (χ0n) is 18.3. The molecule has 0 amide bonds. The summed E-state index contributed by atoms with van der Waals surface area (Å²) in [6.07, 6.45) is 4.23. The largest absolute Gasteiger partial charge is 0.462 e. The summed E-state index contributed by atoms with van der Waals surface area (Å²) in [5, 5.41) is 3.92. The summed E-state index contributed by atoms with van der Waals surface area (Å²) in [5.41, 5.74) is 1.52. The lowest BCUT2D eigenvalue weighted by Gasteiger charge is -2.20. The minimum absolute atomic E-state index is 0.115. The summed E-state index contributed by atoms with van der Waals surface area (Å²) >= 11 is 0. The van der Waals surface area contributed by atoms with Crippen molar-refractivity contribution in [1.82, 2.24) is 19.4 Å². The van der Waals surface area contributed by atoms with Gasteiger partial charge in [-0.2, -0.15) is 9.29 Å². The Balaban J connectivity index is 1.58. The van der Waals surface area contributed by atoms with Crippen molar-refractivity contribution in [2.24, 2.45) is 0 Å². The number of ether oxygens (including phenoxy) is 1. The van der Waals surface area contributed by atoms with Crippen LogP contribution in [-0.4, -0.2) is 53.5 Å². The van der Waals surface area contributed by atoms with E-state index in [2.05, 4.69) is 15.1 Å². The van der Waals surface area contributed by atoms with Crippen LogP contribution in [0, 0.1) is 6.92 Å². The van der Waals surface area contributed by atoms with E-state index < -0.39 is 16.0 Å². The molecule has 2 aromatic heterocycles. The Labute approximate surface area is 187 Å². The molecular weight excluding hydrogens is 432 g/mol. The zero-order valence-corrected chi connectivity index (χ0v) is 19.1. The van der Waals surface area contributed by atoms with Crippen molar-refractivity contribution in [3.05, 3.63) is 59.7 Å². The molecule has 0 aliphatic heterocycles. The third-order valence-corrected chi connectivity index (χ3v) is 7.09. The van der Waals surface area contributed by atoms with E-state index >= 15 is 0 Å². The number of benzene rings is 1. The van der Waals surface area contributed by atoms with E-state index in [0.29, 0.717) is 43.2 Å². The predicted molar refractivity (Wildman–Crippen MR) is 117 cm³/mol. The minimum Gasteiger partial charge on any atom is -0.462 e. The molecule has 0 fully saturated rings. The first-order valence-corrected chi connectivity index (χ1v) is 11.8. The summed E-state index contributed by atoms with van der Waals surface area (Å²) < 4.78 is 37.6. The zero-order chi connectivity index (χ0) is 23.1. The molecule has 3 aromatic rings. The Kier molecular flexibility index (Phi) is 7.70. The van der Waals surface area contributed by atoms with Crippen molar-refractivity contribution in [2.45, 2.75) is 38.5 Å². The summed E-state index contributed by atoms with van der Waals surface area (Å²) in [7, 11) is -3.68. The Morgan fingerprint density at radius 2 is 1.97 bits per heavy atom. The number of nitrogens with zero attached hydrogens (tertiary/aromatic N) is 4. The van der Waals surface area contributed by atoms with E-state index in [1.54, 1.807) is 51.4 Å². The maximum absolute atomic E-state index is 12.9. The molecule has 0 aliphatic rings. The van der Waals surface area contributed by atoms with E-state index in [4.69, 9.17) is 9.26 Å². The van der Waals surface area contributed by atoms with Crippen LogP contribution in [0.2, 0.25) is 0 Å². The van der Waals surface area contributed by atoms with Crippen molar-refractivity contribution in [1.29, 1.82) is 0 Å². The third-order valence-electron chi connectivity index (χ3n) is 4.90. The highest BCUT2D eigenvalue weighted by Crippen LogP contribution is 2.22. The molecule has 0 spiro atoms. The van der Waals surface area contributed by atoms with Crippen LogP contribution in [-0.2, 0) is 21.2 Å². The SMILES string of the molecule is CCN(CC)S(=O)(=O)c1cc(C(=O)OCCCc2nc(-c3cccnc3)no2)ccc1C. The number of esters is 1. The smallest absolute Gasteiger partial charge is 0.338 e. The standard InChI is InChI=1S/C22H26N4O5S/c1-4-26(5-2)32(28,29)19-14-17(11-10-16(19)3)22(27)30-13-7-9-20-24-21(25-31-20)18-8-6-12-23-15-18/h6,8,10-12,14-15H,4-5,7,9,13H2,1-3H3. The van der Waals surface area contributed by atoms with Crippen LogP contribution < -0.4 is 0 Å². The second kappa shape index (κ2) is 10.5. The van der Waals surface area contributed by atoms with Gasteiger partial charge in [0.25, 0.3) is 0 Å². The topological polar surface area (TPSA) is 115 Å². The first-order chi connectivity index (χ1) is 15.4. The Bertz CT molecular complexity index is 1160. The molecule has 0 radical (unpaired) electrons. The van der Waals surface area contributed by atoms with E-state index in [9.17, 15) is 13.2 Å². The van der Waals surface area contributed by atoms with Crippen LogP contribution in [0.25, 0.3) is 11.4 Å². The number of pyridine rings is 1. The minimum atomic E-state index is -3.68. The lowest BCUT2D eigenvalue weighted by atomic mass is 10.1. The van der Waals surface area contributed by atoms with Gasteiger partial charge in [-0.25, -0.2) is 13.2 Å². The van der Waals surface area contributed by atoms with Crippen LogP contribution in [0.4, 0.5) is 0 Å². The molecule has 2 heterocycles. The molecule has 9 nitrogen and oxygen atoms in total. The summed E-state index contributed by atoms with van der Waals surface area (Å²) in [5.74, 6) is 0.303. The lowest BCUT2D eigenvalue weighted by Crippen LogP contribution is -2.31. The van der Waals surface area contributed by atoms with E-state index in [-0.39, 0.29) is 17.1 Å². The van der Waals surface area contributed by atoms with Crippen molar-refractivity contribution >= 4 is 16.0 Å². The second-order valence-electron chi connectivity index (χ2n) is 7.06. The maximum Gasteiger partial charge on any atom is 0.338 e.